The van der Waals surface area contributed by atoms with Gasteiger partial charge in [-0.15, -0.1) is 0 Å². The van der Waals surface area contributed by atoms with E-state index in [1.165, 1.54) is 60.0 Å². The molecule has 0 bridgehead atoms. The van der Waals surface area contributed by atoms with Gasteiger partial charge in [0, 0.05) is 27.2 Å². The summed E-state index contributed by atoms with van der Waals surface area (Å²) < 4.78 is 15.0. The molecular formula is C46H27NO2. The Morgan fingerprint density at radius 3 is 1.78 bits per heavy atom. The summed E-state index contributed by atoms with van der Waals surface area (Å²) in [6, 6.07) is 56.6. The highest BCUT2D eigenvalue weighted by molar-refractivity contribution is 6.28. The van der Waals surface area contributed by atoms with Crippen molar-refractivity contribution in [3.05, 3.63) is 164 Å². The molecule has 8 aromatic carbocycles. The van der Waals surface area contributed by atoms with E-state index in [1.54, 1.807) is 6.26 Å². The van der Waals surface area contributed by atoms with E-state index in [0.717, 1.165) is 44.2 Å². The Kier molecular flexibility index (Phi) is 5.38. The quantitative estimate of drug-likeness (QED) is 0.183. The smallest absolute Gasteiger partial charge is 0.147 e. The highest BCUT2D eigenvalue weighted by Gasteiger charge is 2.23. The predicted octanol–water partition coefficient (Wildman–Crippen LogP) is 13.1. The third-order valence-electron chi connectivity index (χ3n) is 10.3. The number of para-hydroxylation sites is 3. The molecule has 0 atom stereocenters. The first-order valence-electron chi connectivity index (χ1n) is 16.7. The number of benzene rings is 8. The fraction of sp³-hybridized carbons (Fsp3) is 0. The Bertz CT molecular complexity index is 3050. The Balaban J connectivity index is 1.28. The van der Waals surface area contributed by atoms with Crippen LogP contribution in [0.3, 0.4) is 0 Å². The summed E-state index contributed by atoms with van der Waals surface area (Å²) in [6.07, 6.45) is 1.76. The van der Waals surface area contributed by atoms with Gasteiger partial charge in [-0.25, -0.2) is 0 Å². The van der Waals surface area contributed by atoms with Crippen LogP contribution in [0.2, 0.25) is 0 Å². The van der Waals surface area contributed by atoms with Crippen molar-refractivity contribution in [2.45, 2.75) is 0 Å². The molecule has 0 radical (unpaired) electrons. The number of hydrogen-bond acceptors (Lipinski definition) is 2. The minimum atomic E-state index is 0.818. The van der Waals surface area contributed by atoms with E-state index in [2.05, 4.69) is 150 Å². The summed E-state index contributed by atoms with van der Waals surface area (Å²) in [6.45, 7) is 0. The zero-order valence-corrected chi connectivity index (χ0v) is 26.4. The highest BCUT2D eigenvalue weighted by Crippen LogP contribution is 2.49. The Hall–Kier alpha value is -6.58. The SMILES string of the molecule is c1ccc(-n2c3ccccc3c3ccc(-c4c5ccccc5c(-c5cc6occc6c6oc7ccccc7c56)c5ccccc45)cc32)cc1. The van der Waals surface area contributed by atoms with Gasteiger partial charge in [0.05, 0.1) is 22.7 Å². The van der Waals surface area contributed by atoms with E-state index in [9.17, 15) is 0 Å². The molecule has 3 aromatic heterocycles. The lowest BCUT2D eigenvalue weighted by Crippen LogP contribution is -1.94. The molecule has 0 aliphatic carbocycles. The van der Waals surface area contributed by atoms with Crippen molar-refractivity contribution in [1.29, 1.82) is 0 Å². The lowest BCUT2D eigenvalue weighted by molar-refractivity contribution is 0.615. The Labute approximate surface area is 280 Å². The molecule has 0 unspecified atom stereocenters. The average Bonchev–Trinajstić information content (AvgIpc) is 3.88. The zero-order chi connectivity index (χ0) is 32.1. The van der Waals surface area contributed by atoms with Gasteiger partial charge in [-0.2, -0.15) is 0 Å². The molecule has 0 aliphatic rings. The van der Waals surface area contributed by atoms with Crippen LogP contribution in [0.25, 0.3) is 104 Å². The van der Waals surface area contributed by atoms with Gasteiger partial charge in [-0.3, -0.25) is 0 Å². The molecular weight excluding hydrogens is 599 g/mol. The van der Waals surface area contributed by atoms with Crippen LogP contribution < -0.4 is 0 Å². The van der Waals surface area contributed by atoms with Gasteiger partial charge in [0.2, 0.25) is 0 Å². The van der Waals surface area contributed by atoms with Gasteiger partial charge in [0.25, 0.3) is 0 Å². The van der Waals surface area contributed by atoms with Gasteiger partial charge in [0.15, 0.2) is 0 Å². The van der Waals surface area contributed by atoms with E-state index < -0.39 is 0 Å². The standard InChI is InChI=1S/C46H27NO2/c1-2-12-29(13-3-1)47-39-20-10-8-14-30(39)31-23-22-28(26-40(31)47)43-32-15-4-6-17-34(32)44(35-18-7-5-16-33(35)43)38-27-42-37(24-25-48-42)46-45(38)36-19-9-11-21-41(36)49-46/h1-27H. The van der Waals surface area contributed by atoms with Crippen LogP contribution in [-0.2, 0) is 0 Å². The number of aromatic nitrogens is 1. The van der Waals surface area contributed by atoms with E-state index in [4.69, 9.17) is 8.83 Å². The highest BCUT2D eigenvalue weighted by atomic mass is 16.3. The van der Waals surface area contributed by atoms with E-state index in [1.807, 2.05) is 12.1 Å². The van der Waals surface area contributed by atoms with E-state index >= 15 is 0 Å². The second-order valence-electron chi connectivity index (χ2n) is 12.8. The van der Waals surface area contributed by atoms with Crippen LogP contribution in [0.1, 0.15) is 0 Å². The summed E-state index contributed by atoms with van der Waals surface area (Å²) in [5.41, 5.74) is 10.8. The van der Waals surface area contributed by atoms with E-state index in [-0.39, 0.29) is 0 Å². The van der Waals surface area contributed by atoms with Crippen molar-refractivity contribution in [1.82, 2.24) is 4.57 Å². The van der Waals surface area contributed by atoms with Crippen LogP contribution in [0, 0.1) is 0 Å². The van der Waals surface area contributed by atoms with Crippen molar-refractivity contribution in [2.24, 2.45) is 0 Å². The molecule has 0 amide bonds. The monoisotopic (exact) mass is 625 g/mol. The maximum Gasteiger partial charge on any atom is 0.147 e. The van der Waals surface area contributed by atoms with Crippen LogP contribution >= 0.6 is 0 Å². The lowest BCUT2D eigenvalue weighted by Gasteiger charge is -2.18. The van der Waals surface area contributed by atoms with Crippen molar-refractivity contribution in [3.8, 4) is 27.9 Å². The predicted molar refractivity (Wildman–Crippen MR) is 204 cm³/mol. The third-order valence-corrected chi connectivity index (χ3v) is 10.3. The first-order valence-corrected chi connectivity index (χ1v) is 16.7. The van der Waals surface area contributed by atoms with Crippen molar-refractivity contribution >= 4 is 76.3 Å². The van der Waals surface area contributed by atoms with Crippen molar-refractivity contribution in [2.75, 3.05) is 0 Å². The molecule has 0 N–H and O–H groups in total. The average molecular weight is 626 g/mol. The van der Waals surface area contributed by atoms with Crippen molar-refractivity contribution in [3.63, 3.8) is 0 Å². The summed E-state index contributed by atoms with van der Waals surface area (Å²) in [7, 11) is 0. The molecule has 0 aliphatic heterocycles. The fourth-order valence-electron chi connectivity index (χ4n) is 8.23. The number of nitrogens with zero attached hydrogens (tertiary/aromatic N) is 1. The summed E-state index contributed by atoms with van der Waals surface area (Å²) in [5.74, 6) is 0. The molecule has 0 spiro atoms. The van der Waals surface area contributed by atoms with Crippen molar-refractivity contribution < 1.29 is 8.83 Å². The number of fused-ring (bicyclic) bond motifs is 10. The Morgan fingerprint density at radius 2 is 1.02 bits per heavy atom. The van der Waals surface area contributed by atoms with Crippen LogP contribution in [0.4, 0.5) is 0 Å². The molecule has 0 saturated carbocycles. The maximum absolute atomic E-state index is 6.55. The van der Waals surface area contributed by atoms with Crippen LogP contribution in [0.5, 0.6) is 0 Å². The summed E-state index contributed by atoms with van der Waals surface area (Å²) in [4.78, 5) is 0. The third kappa shape index (κ3) is 3.67. The first kappa shape index (κ1) is 26.5. The molecule has 49 heavy (non-hydrogen) atoms. The summed E-state index contributed by atoms with van der Waals surface area (Å²) in [5, 5.41) is 10.5. The molecule has 3 heteroatoms. The number of hydrogen-bond donors (Lipinski definition) is 0. The Morgan fingerprint density at radius 1 is 0.408 bits per heavy atom. The molecule has 11 aromatic rings. The van der Waals surface area contributed by atoms with E-state index in [0.29, 0.717) is 0 Å². The molecule has 228 valence electrons. The first-order chi connectivity index (χ1) is 24.3. The lowest BCUT2D eigenvalue weighted by atomic mass is 9.84. The van der Waals surface area contributed by atoms with Gasteiger partial charge in [0.1, 0.15) is 16.7 Å². The zero-order valence-electron chi connectivity index (χ0n) is 26.4. The second kappa shape index (κ2) is 9.96. The van der Waals surface area contributed by atoms with Gasteiger partial charge in [-0.1, -0.05) is 115 Å². The van der Waals surface area contributed by atoms with Gasteiger partial charge < -0.3 is 13.4 Å². The van der Waals surface area contributed by atoms with Crippen LogP contribution in [0.15, 0.2) is 173 Å². The van der Waals surface area contributed by atoms with Crippen LogP contribution in [-0.4, -0.2) is 4.57 Å². The number of rotatable bonds is 3. The minimum Gasteiger partial charge on any atom is -0.464 e. The second-order valence-corrected chi connectivity index (χ2v) is 12.8. The minimum absolute atomic E-state index is 0.818. The van der Waals surface area contributed by atoms with Gasteiger partial charge >= 0.3 is 0 Å². The summed E-state index contributed by atoms with van der Waals surface area (Å²) >= 11 is 0. The largest absolute Gasteiger partial charge is 0.464 e. The fourth-order valence-corrected chi connectivity index (χ4v) is 8.23. The molecule has 0 saturated heterocycles. The van der Waals surface area contributed by atoms with Gasteiger partial charge in [-0.05, 0) is 86.3 Å². The normalized spacial score (nSPS) is 12.1. The number of furan rings is 2. The topological polar surface area (TPSA) is 31.2 Å². The molecule has 11 rings (SSSR count). The molecule has 3 heterocycles. The molecule has 0 fully saturated rings. The molecule has 3 nitrogen and oxygen atoms in total. The maximum atomic E-state index is 6.55.